The number of aromatic nitrogens is 3. The number of hydrogen-bond acceptors (Lipinski definition) is 4. The first-order valence-corrected chi connectivity index (χ1v) is 6.64. The van der Waals surface area contributed by atoms with Gasteiger partial charge in [0.25, 0.3) is 0 Å². The number of rotatable bonds is 6. The molecule has 0 aromatic carbocycles. The van der Waals surface area contributed by atoms with Crippen LogP contribution in [0.3, 0.4) is 0 Å². The Kier molecular flexibility index (Phi) is 4.65. The maximum Gasteiger partial charge on any atom is 0.110 e. The molecule has 0 aliphatic rings. The molecular weight excluding hydrogens is 238 g/mol. The first-order valence-electron chi connectivity index (χ1n) is 6.64. The molecule has 2 aromatic rings. The van der Waals surface area contributed by atoms with E-state index in [-0.39, 0.29) is 6.04 Å². The van der Waals surface area contributed by atoms with Gasteiger partial charge in [0.05, 0.1) is 6.04 Å². The van der Waals surface area contributed by atoms with Gasteiger partial charge in [-0.05, 0) is 25.0 Å². The van der Waals surface area contributed by atoms with Crippen LogP contribution < -0.4 is 11.3 Å². The highest BCUT2D eigenvalue weighted by Gasteiger charge is 2.16. The molecule has 2 rings (SSSR count). The first-order chi connectivity index (χ1) is 9.26. The molecule has 1 atom stereocenters. The van der Waals surface area contributed by atoms with Crippen LogP contribution in [0.4, 0.5) is 0 Å². The quantitative estimate of drug-likeness (QED) is 0.612. The summed E-state index contributed by atoms with van der Waals surface area (Å²) in [7, 11) is 0. The first kappa shape index (κ1) is 13.7. The molecule has 0 saturated carbocycles. The second-order valence-electron chi connectivity index (χ2n) is 4.64. The lowest BCUT2D eigenvalue weighted by Gasteiger charge is -2.18. The van der Waals surface area contributed by atoms with Crippen molar-refractivity contribution in [2.45, 2.75) is 39.3 Å². The summed E-state index contributed by atoms with van der Waals surface area (Å²) in [5.41, 5.74) is 4.99. The maximum absolute atomic E-state index is 5.70. The molecule has 3 N–H and O–H groups in total. The van der Waals surface area contributed by atoms with Gasteiger partial charge in [-0.2, -0.15) is 0 Å². The largest absolute Gasteiger partial charge is 0.335 e. The van der Waals surface area contributed by atoms with Crippen molar-refractivity contribution in [3.05, 3.63) is 47.8 Å². The topological polar surface area (TPSA) is 68.8 Å². The fraction of sp³-hybridized carbons (Fsp3) is 0.429. The molecule has 2 aromatic heterocycles. The highest BCUT2D eigenvalue weighted by molar-refractivity contribution is 5.23. The molecule has 0 radical (unpaired) electrons. The smallest absolute Gasteiger partial charge is 0.110 e. The van der Waals surface area contributed by atoms with Gasteiger partial charge >= 0.3 is 0 Å². The number of nitrogens with two attached hydrogens (primary N) is 1. The molecule has 0 aliphatic heterocycles. The van der Waals surface area contributed by atoms with E-state index in [2.05, 4.69) is 33.0 Å². The minimum atomic E-state index is 0.0340. The van der Waals surface area contributed by atoms with Crippen molar-refractivity contribution in [1.82, 2.24) is 20.0 Å². The van der Waals surface area contributed by atoms with Crippen molar-refractivity contribution in [2.75, 3.05) is 0 Å². The van der Waals surface area contributed by atoms with Crippen LogP contribution in [0, 0.1) is 6.92 Å². The molecule has 0 fully saturated rings. The molecule has 2 heterocycles. The van der Waals surface area contributed by atoms with E-state index in [0.717, 1.165) is 36.5 Å². The molecule has 19 heavy (non-hydrogen) atoms. The van der Waals surface area contributed by atoms with E-state index in [4.69, 9.17) is 5.84 Å². The van der Waals surface area contributed by atoms with Gasteiger partial charge in [0.2, 0.25) is 0 Å². The van der Waals surface area contributed by atoms with Crippen molar-refractivity contribution >= 4 is 0 Å². The van der Waals surface area contributed by atoms with Gasteiger partial charge in [-0.1, -0.05) is 13.0 Å². The van der Waals surface area contributed by atoms with Crippen molar-refractivity contribution < 1.29 is 0 Å². The molecule has 0 saturated heterocycles. The van der Waals surface area contributed by atoms with Crippen LogP contribution in [-0.2, 0) is 13.0 Å². The number of aryl methyl sites for hydroxylation is 2. The summed E-state index contributed by atoms with van der Waals surface area (Å²) < 4.78 is 2.18. The summed E-state index contributed by atoms with van der Waals surface area (Å²) in [4.78, 5) is 8.74. The highest BCUT2D eigenvalue weighted by atomic mass is 15.2. The zero-order chi connectivity index (χ0) is 13.7. The minimum absolute atomic E-state index is 0.0340. The highest BCUT2D eigenvalue weighted by Crippen LogP contribution is 2.19. The van der Waals surface area contributed by atoms with Crippen molar-refractivity contribution in [2.24, 2.45) is 5.84 Å². The van der Waals surface area contributed by atoms with Gasteiger partial charge in [0.1, 0.15) is 5.82 Å². The second kappa shape index (κ2) is 6.45. The lowest BCUT2D eigenvalue weighted by Crippen LogP contribution is -2.31. The van der Waals surface area contributed by atoms with E-state index in [1.54, 1.807) is 6.20 Å². The molecule has 0 bridgehead atoms. The number of imidazole rings is 1. The van der Waals surface area contributed by atoms with Gasteiger partial charge in [-0.15, -0.1) is 0 Å². The van der Waals surface area contributed by atoms with Crippen LogP contribution in [0.1, 0.15) is 36.5 Å². The Morgan fingerprint density at radius 2 is 2.21 bits per heavy atom. The van der Waals surface area contributed by atoms with Crippen molar-refractivity contribution in [3.63, 3.8) is 0 Å². The lowest BCUT2D eigenvalue weighted by atomic mass is 10.0. The third-order valence-corrected chi connectivity index (χ3v) is 3.28. The van der Waals surface area contributed by atoms with Crippen molar-refractivity contribution in [1.29, 1.82) is 0 Å². The Labute approximate surface area is 113 Å². The Bertz CT molecular complexity index is 520. The Morgan fingerprint density at radius 3 is 2.89 bits per heavy atom. The van der Waals surface area contributed by atoms with E-state index < -0.39 is 0 Å². The molecule has 5 nitrogen and oxygen atoms in total. The predicted molar refractivity (Wildman–Crippen MR) is 75.3 cm³/mol. The number of hydrogen-bond donors (Lipinski definition) is 2. The molecule has 0 aliphatic carbocycles. The molecule has 0 spiro atoms. The summed E-state index contributed by atoms with van der Waals surface area (Å²) >= 11 is 0. The fourth-order valence-electron chi connectivity index (χ4n) is 2.28. The number of hydrazine groups is 1. The molecular formula is C14H21N5. The van der Waals surface area contributed by atoms with Gasteiger partial charge in [0.15, 0.2) is 0 Å². The van der Waals surface area contributed by atoms with Crippen molar-refractivity contribution in [3.8, 4) is 0 Å². The summed E-state index contributed by atoms with van der Waals surface area (Å²) in [6.45, 7) is 5.14. The fourth-order valence-corrected chi connectivity index (χ4v) is 2.28. The third kappa shape index (κ3) is 3.19. The predicted octanol–water partition coefficient (Wildman–Crippen LogP) is 1.74. The second-order valence-corrected chi connectivity index (χ2v) is 4.64. The average molecular weight is 259 g/mol. The Morgan fingerprint density at radius 1 is 1.37 bits per heavy atom. The summed E-state index contributed by atoms with van der Waals surface area (Å²) in [6, 6.07) is 4.03. The standard InChI is InChI=1S/C14H21N5/c1-3-8-19-9-7-17-14(19)10-13(18-15)12-5-4-6-16-11(12)2/h4-7,9,13,18H,3,8,10,15H2,1-2H3. The van der Waals surface area contributed by atoms with Crippen LogP contribution in [0.5, 0.6) is 0 Å². The van der Waals surface area contributed by atoms with Crippen LogP contribution in [0.25, 0.3) is 0 Å². The van der Waals surface area contributed by atoms with Crippen LogP contribution >= 0.6 is 0 Å². The summed E-state index contributed by atoms with van der Waals surface area (Å²) in [5.74, 6) is 6.75. The normalized spacial score (nSPS) is 12.6. The van der Waals surface area contributed by atoms with Gasteiger partial charge in [-0.25, -0.2) is 4.98 Å². The number of pyridine rings is 1. The molecule has 0 amide bonds. The number of nitrogens with one attached hydrogen (secondary N) is 1. The zero-order valence-electron chi connectivity index (χ0n) is 11.5. The van der Waals surface area contributed by atoms with E-state index in [0.29, 0.717) is 0 Å². The van der Waals surface area contributed by atoms with Gasteiger partial charge < -0.3 is 4.57 Å². The SMILES string of the molecule is CCCn1ccnc1CC(NN)c1cccnc1C. The zero-order valence-corrected chi connectivity index (χ0v) is 11.5. The van der Waals surface area contributed by atoms with E-state index in [1.807, 2.05) is 25.4 Å². The van der Waals surface area contributed by atoms with E-state index >= 15 is 0 Å². The maximum atomic E-state index is 5.70. The van der Waals surface area contributed by atoms with Gasteiger partial charge in [0, 0.05) is 37.3 Å². The summed E-state index contributed by atoms with van der Waals surface area (Å²) in [6.07, 6.45) is 7.51. The molecule has 102 valence electrons. The number of nitrogens with zero attached hydrogens (tertiary/aromatic N) is 3. The minimum Gasteiger partial charge on any atom is -0.335 e. The third-order valence-electron chi connectivity index (χ3n) is 3.28. The van der Waals surface area contributed by atoms with E-state index in [9.17, 15) is 0 Å². The van der Waals surface area contributed by atoms with Crippen LogP contribution in [0.15, 0.2) is 30.7 Å². The molecule has 5 heteroatoms. The van der Waals surface area contributed by atoms with Crippen LogP contribution in [-0.4, -0.2) is 14.5 Å². The van der Waals surface area contributed by atoms with Gasteiger partial charge in [-0.3, -0.25) is 16.3 Å². The average Bonchev–Trinajstić information content (AvgIpc) is 2.85. The lowest BCUT2D eigenvalue weighted by molar-refractivity contribution is 0.513. The molecule has 1 unspecified atom stereocenters. The van der Waals surface area contributed by atoms with E-state index in [1.165, 1.54) is 0 Å². The Balaban J connectivity index is 2.19. The monoisotopic (exact) mass is 259 g/mol. The summed E-state index contributed by atoms with van der Waals surface area (Å²) in [5, 5.41) is 0. The Hall–Kier alpha value is -1.72. The van der Waals surface area contributed by atoms with Crippen LogP contribution in [0.2, 0.25) is 0 Å².